The summed E-state index contributed by atoms with van der Waals surface area (Å²) >= 11 is 0. The Balaban J connectivity index is 1.92. The van der Waals surface area contributed by atoms with Gasteiger partial charge in [0.1, 0.15) is 0 Å². The number of nitrogens with two attached hydrogens (primary N) is 1. The van der Waals surface area contributed by atoms with Gasteiger partial charge >= 0.3 is 0 Å². The SMILES string of the molecule is Cc1nn(C)c(C)c1CCNC(=O)c1ccc(CN)cc1. The van der Waals surface area contributed by atoms with E-state index < -0.39 is 0 Å². The zero-order valence-electron chi connectivity index (χ0n) is 12.8. The summed E-state index contributed by atoms with van der Waals surface area (Å²) in [6.45, 7) is 5.13. The van der Waals surface area contributed by atoms with E-state index >= 15 is 0 Å². The first-order valence-corrected chi connectivity index (χ1v) is 7.09. The summed E-state index contributed by atoms with van der Waals surface area (Å²) in [6.07, 6.45) is 0.790. The highest BCUT2D eigenvalue weighted by Gasteiger charge is 2.10. The van der Waals surface area contributed by atoms with Gasteiger partial charge < -0.3 is 11.1 Å². The number of aromatic nitrogens is 2. The first kappa shape index (κ1) is 15.3. The van der Waals surface area contributed by atoms with E-state index in [0.29, 0.717) is 18.7 Å². The summed E-state index contributed by atoms with van der Waals surface area (Å²) in [4.78, 5) is 12.0. The fraction of sp³-hybridized carbons (Fsp3) is 0.375. The quantitative estimate of drug-likeness (QED) is 0.874. The van der Waals surface area contributed by atoms with Gasteiger partial charge in [0.05, 0.1) is 5.69 Å². The molecule has 0 bridgehead atoms. The van der Waals surface area contributed by atoms with Crippen LogP contribution in [0, 0.1) is 13.8 Å². The first-order chi connectivity index (χ1) is 10.0. The molecule has 5 heteroatoms. The molecular weight excluding hydrogens is 264 g/mol. The summed E-state index contributed by atoms with van der Waals surface area (Å²) in [5.41, 5.74) is 10.6. The van der Waals surface area contributed by atoms with Gasteiger partial charge in [-0.05, 0) is 43.5 Å². The fourth-order valence-corrected chi connectivity index (χ4v) is 2.37. The van der Waals surface area contributed by atoms with Crippen LogP contribution in [0.15, 0.2) is 24.3 Å². The number of carbonyl (C=O) groups is 1. The second-order valence-corrected chi connectivity index (χ2v) is 5.18. The van der Waals surface area contributed by atoms with E-state index in [1.165, 1.54) is 5.56 Å². The van der Waals surface area contributed by atoms with Crippen LogP contribution in [0.2, 0.25) is 0 Å². The Kier molecular flexibility index (Phi) is 4.75. The van der Waals surface area contributed by atoms with Gasteiger partial charge in [0, 0.05) is 31.4 Å². The molecule has 21 heavy (non-hydrogen) atoms. The number of hydrogen-bond donors (Lipinski definition) is 2. The molecule has 0 unspecified atom stereocenters. The van der Waals surface area contributed by atoms with Crippen molar-refractivity contribution in [2.45, 2.75) is 26.8 Å². The molecule has 0 spiro atoms. The van der Waals surface area contributed by atoms with E-state index in [4.69, 9.17) is 5.73 Å². The molecule has 1 heterocycles. The average molecular weight is 286 g/mol. The molecule has 0 atom stereocenters. The monoisotopic (exact) mass is 286 g/mol. The fourth-order valence-electron chi connectivity index (χ4n) is 2.37. The maximum Gasteiger partial charge on any atom is 0.251 e. The number of hydrogen-bond acceptors (Lipinski definition) is 3. The zero-order chi connectivity index (χ0) is 15.4. The normalized spacial score (nSPS) is 10.7. The minimum absolute atomic E-state index is 0.0576. The Labute approximate surface area is 125 Å². The van der Waals surface area contributed by atoms with Gasteiger partial charge in [-0.3, -0.25) is 9.48 Å². The molecule has 0 aliphatic carbocycles. The molecule has 0 fully saturated rings. The summed E-state index contributed by atoms with van der Waals surface area (Å²) in [7, 11) is 1.93. The Hall–Kier alpha value is -2.14. The molecule has 0 aliphatic rings. The van der Waals surface area contributed by atoms with Crippen molar-refractivity contribution in [2.75, 3.05) is 6.54 Å². The van der Waals surface area contributed by atoms with Gasteiger partial charge in [0.25, 0.3) is 5.91 Å². The minimum Gasteiger partial charge on any atom is -0.352 e. The lowest BCUT2D eigenvalue weighted by Gasteiger charge is -2.06. The molecular formula is C16H22N4O. The van der Waals surface area contributed by atoms with Crippen molar-refractivity contribution in [3.8, 4) is 0 Å². The van der Waals surface area contributed by atoms with Crippen molar-refractivity contribution in [1.29, 1.82) is 0 Å². The molecule has 1 amide bonds. The van der Waals surface area contributed by atoms with Crippen LogP contribution in [0.5, 0.6) is 0 Å². The van der Waals surface area contributed by atoms with E-state index in [9.17, 15) is 4.79 Å². The maximum absolute atomic E-state index is 12.0. The van der Waals surface area contributed by atoms with Crippen LogP contribution in [0.3, 0.4) is 0 Å². The summed E-state index contributed by atoms with van der Waals surface area (Å²) in [5.74, 6) is -0.0576. The Morgan fingerprint density at radius 1 is 1.29 bits per heavy atom. The maximum atomic E-state index is 12.0. The molecule has 0 radical (unpaired) electrons. The molecule has 112 valence electrons. The van der Waals surface area contributed by atoms with Crippen LogP contribution in [-0.2, 0) is 20.0 Å². The number of nitrogens with zero attached hydrogens (tertiary/aromatic N) is 2. The summed E-state index contributed by atoms with van der Waals surface area (Å²) in [5, 5.41) is 7.32. The van der Waals surface area contributed by atoms with Gasteiger partial charge in [0.15, 0.2) is 0 Å². The third kappa shape index (κ3) is 3.49. The Morgan fingerprint density at radius 3 is 2.48 bits per heavy atom. The van der Waals surface area contributed by atoms with Gasteiger partial charge in [-0.2, -0.15) is 5.10 Å². The van der Waals surface area contributed by atoms with Crippen molar-refractivity contribution in [1.82, 2.24) is 15.1 Å². The largest absolute Gasteiger partial charge is 0.352 e. The molecule has 0 saturated heterocycles. The van der Waals surface area contributed by atoms with E-state index in [1.807, 2.05) is 37.7 Å². The van der Waals surface area contributed by atoms with Crippen LogP contribution in [0.25, 0.3) is 0 Å². The second kappa shape index (κ2) is 6.54. The van der Waals surface area contributed by atoms with E-state index in [2.05, 4.69) is 10.4 Å². The molecule has 3 N–H and O–H groups in total. The zero-order valence-corrected chi connectivity index (χ0v) is 12.8. The highest BCUT2D eigenvalue weighted by molar-refractivity contribution is 5.94. The van der Waals surface area contributed by atoms with Crippen molar-refractivity contribution < 1.29 is 4.79 Å². The Bertz CT molecular complexity index is 628. The highest BCUT2D eigenvalue weighted by atomic mass is 16.1. The van der Waals surface area contributed by atoms with Crippen LogP contribution in [0.1, 0.15) is 32.9 Å². The van der Waals surface area contributed by atoms with Gasteiger partial charge in [0.2, 0.25) is 0 Å². The van der Waals surface area contributed by atoms with Crippen molar-refractivity contribution in [3.05, 3.63) is 52.3 Å². The smallest absolute Gasteiger partial charge is 0.251 e. The lowest BCUT2D eigenvalue weighted by atomic mass is 10.1. The predicted octanol–water partition coefficient (Wildman–Crippen LogP) is 1.47. The number of benzene rings is 1. The van der Waals surface area contributed by atoms with Crippen LogP contribution in [0.4, 0.5) is 0 Å². The van der Waals surface area contributed by atoms with Crippen molar-refractivity contribution >= 4 is 5.91 Å². The summed E-state index contributed by atoms with van der Waals surface area (Å²) < 4.78 is 1.87. The number of carbonyl (C=O) groups excluding carboxylic acids is 1. The molecule has 0 aliphatic heterocycles. The number of aryl methyl sites for hydroxylation is 2. The van der Waals surface area contributed by atoms with E-state index in [1.54, 1.807) is 12.1 Å². The van der Waals surface area contributed by atoms with Crippen LogP contribution < -0.4 is 11.1 Å². The van der Waals surface area contributed by atoms with Crippen molar-refractivity contribution in [2.24, 2.45) is 12.8 Å². The lowest BCUT2D eigenvalue weighted by molar-refractivity contribution is 0.0954. The molecule has 2 rings (SSSR count). The van der Waals surface area contributed by atoms with Gasteiger partial charge in [-0.15, -0.1) is 0 Å². The van der Waals surface area contributed by atoms with Crippen LogP contribution >= 0.6 is 0 Å². The highest BCUT2D eigenvalue weighted by Crippen LogP contribution is 2.12. The third-order valence-electron chi connectivity index (χ3n) is 3.77. The molecule has 0 saturated carbocycles. The molecule has 1 aromatic heterocycles. The standard InChI is InChI=1S/C16H22N4O/c1-11-15(12(2)20(3)19-11)8-9-18-16(21)14-6-4-13(10-17)5-7-14/h4-7H,8-10,17H2,1-3H3,(H,18,21). The number of rotatable bonds is 5. The lowest BCUT2D eigenvalue weighted by Crippen LogP contribution is -2.26. The van der Waals surface area contributed by atoms with Crippen LogP contribution in [-0.4, -0.2) is 22.2 Å². The van der Waals surface area contributed by atoms with Gasteiger partial charge in [-0.1, -0.05) is 12.1 Å². The van der Waals surface area contributed by atoms with Gasteiger partial charge in [-0.25, -0.2) is 0 Å². The van der Waals surface area contributed by atoms with E-state index in [0.717, 1.165) is 23.4 Å². The molecule has 1 aromatic carbocycles. The van der Waals surface area contributed by atoms with E-state index in [-0.39, 0.29) is 5.91 Å². The average Bonchev–Trinajstić information content (AvgIpc) is 2.73. The third-order valence-corrected chi connectivity index (χ3v) is 3.77. The molecule has 5 nitrogen and oxygen atoms in total. The topological polar surface area (TPSA) is 72.9 Å². The van der Waals surface area contributed by atoms with Crippen molar-refractivity contribution in [3.63, 3.8) is 0 Å². The number of nitrogens with one attached hydrogen (secondary N) is 1. The molecule has 2 aromatic rings. The Morgan fingerprint density at radius 2 is 1.95 bits per heavy atom. The predicted molar refractivity (Wildman–Crippen MR) is 83.1 cm³/mol. The minimum atomic E-state index is -0.0576. The summed E-state index contributed by atoms with van der Waals surface area (Å²) in [6, 6.07) is 7.37. The first-order valence-electron chi connectivity index (χ1n) is 7.09. The second-order valence-electron chi connectivity index (χ2n) is 5.18. The number of amides is 1.